The lowest BCUT2D eigenvalue weighted by molar-refractivity contribution is 0.122. The van der Waals surface area contributed by atoms with Gasteiger partial charge in [-0.05, 0) is 91.0 Å². The monoisotopic (exact) mass is 282 g/mol. The van der Waals surface area contributed by atoms with E-state index in [0.717, 1.165) is 17.9 Å². The van der Waals surface area contributed by atoms with Crippen molar-refractivity contribution in [1.29, 1.82) is 0 Å². The second-order valence-corrected chi connectivity index (χ2v) is 7.26. The zero-order chi connectivity index (χ0) is 15.0. The van der Waals surface area contributed by atoms with E-state index in [4.69, 9.17) is 0 Å². The van der Waals surface area contributed by atoms with E-state index in [1.54, 1.807) is 0 Å². The molecule has 2 nitrogen and oxygen atoms in total. The lowest BCUT2D eigenvalue weighted by Crippen LogP contribution is -2.39. The first kappa shape index (κ1) is 18.0. The molecule has 2 fully saturated rings. The Labute approximate surface area is 127 Å². The first-order valence-electron chi connectivity index (χ1n) is 8.99. The van der Waals surface area contributed by atoms with E-state index >= 15 is 0 Å². The van der Waals surface area contributed by atoms with E-state index in [2.05, 4.69) is 44.5 Å². The summed E-state index contributed by atoms with van der Waals surface area (Å²) in [6.45, 7) is 14.3. The molecule has 0 aromatic carbocycles. The number of rotatable bonds is 3. The van der Waals surface area contributed by atoms with Crippen molar-refractivity contribution in [3.05, 3.63) is 0 Å². The fourth-order valence-electron chi connectivity index (χ4n) is 3.47. The molecule has 2 heteroatoms. The smallest absolute Gasteiger partial charge is 0.00385 e. The van der Waals surface area contributed by atoms with Crippen LogP contribution in [0.25, 0.3) is 0 Å². The Morgan fingerprint density at radius 2 is 1.25 bits per heavy atom. The summed E-state index contributed by atoms with van der Waals surface area (Å²) in [6.07, 6.45) is 8.55. The van der Waals surface area contributed by atoms with Gasteiger partial charge in [-0.2, -0.15) is 0 Å². The molecule has 0 N–H and O–H groups in total. The third-order valence-electron chi connectivity index (χ3n) is 4.88. The van der Waals surface area contributed by atoms with Gasteiger partial charge >= 0.3 is 0 Å². The molecule has 0 aromatic rings. The fraction of sp³-hybridized carbons (Fsp3) is 1.00. The Morgan fingerprint density at radius 1 is 0.850 bits per heavy atom. The van der Waals surface area contributed by atoms with Crippen molar-refractivity contribution in [3.63, 3.8) is 0 Å². The zero-order valence-corrected chi connectivity index (χ0v) is 14.7. The molecule has 0 spiro atoms. The largest absolute Gasteiger partial charge is 0.306 e. The average molecular weight is 283 g/mol. The lowest BCUT2D eigenvalue weighted by Gasteiger charge is -2.37. The van der Waals surface area contributed by atoms with Crippen LogP contribution in [-0.4, -0.2) is 49.1 Å². The normalized spacial score (nSPS) is 23.7. The molecular weight excluding hydrogens is 244 g/mol. The minimum absolute atomic E-state index is 0.749. The van der Waals surface area contributed by atoms with Crippen molar-refractivity contribution in [1.82, 2.24) is 9.80 Å². The zero-order valence-electron chi connectivity index (χ0n) is 14.7. The summed E-state index contributed by atoms with van der Waals surface area (Å²) >= 11 is 0. The SMILES string of the molecule is CC(C)N1CCC(CC2CCN(C)CC2)CC1.CCC. The molecular formula is C18H38N2. The summed E-state index contributed by atoms with van der Waals surface area (Å²) in [5.41, 5.74) is 0. The van der Waals surface area contributed by atoms with Crippen LogP contribution in [0.15, 0.2) is 0 Å². The summed E-state index contributed by atoms with van der Waals surface area (Å²) < 4.78 is 0. The van der Waals surface area contributed by atoms with Crippen LogP contribution in [0.4, 0.5) is 0 Å². The van der Waals surface area contributed by atoms with Crippen molar-refractivity contribution in [3.8, 4) is 0 Å². The van der Waals surface area contributed by atoms with E-state index in [0.29, 0.717) is 0 Å². The Kier molecular flexibility index (Phi) is 8.79. The van der Waals surface area contributed by atoms with Crippen molar-refractivity contribution >= 4 is 0 Å². The highest BCUT2D eigenvalue weighted by Gasteiger charge is 2.25. The minimum atomic E-state index is 0.749. The standard InChI is InChI=1S/C15H30N2.C3H8/c1-13(2)17-10-6-15(7-11-17)12-14-4-8-16(3)9-5-14;1-3-2/h13-15H,4-12H2,1-3H3;3H2,1-2H3. The van der Waals surface area contributed by atoms with Crippen LogP contribution in [0, 0.1) is 11.8 Å². The third kappa shape index (κ3) is 6.58. The van der Waals surface area contributed by atoms with Gasteiger partial charge in [0, 0.05) is 6.04 Å². The van der Waals surface area contributed by atoms with Gasteiger partial charge in [0.2, 0.25) is 0 Å². The Balaban J connectivity index is 0.000000612. The van der Waals surface area contributed by atoms with Crippen LogP contribution >= 0.6 is 0 Å². The maximum Gasteiger partial charge on any atom is 0.00385 e. The van der Waals surface area contributed by atoms with Crippen LogP contribution in [0.1, 0.15) is 66.2 Å². The van der Waals surface area contributed by atoms with E-state index in [9.17, 15) is 0 Å². The molecule has 0 radical (unpaired) electrons. The van der Waals surface area contributed by atoms with Gasteiger partial charge in [0.05, 0.1) is 0 Å². The van der Waals surface area contributed by atoms with E-state index in [-0.39, 0.29) is 0 Å². The number of hydrogen-bond donors (Lipinski definition) is 0. The maximum absolute atomic E-state index is 2.64. The van der Waals surface area contributed by atoms with E-state index in [1.807, 2.05) is 0 Å². The third-order valence-corrected chi connectivity index (χ3v) is 4.88. The second-order valence-electron chi connectivity index (χ2n) is 7.26. The number of nitrogens with zero attached hydrogens (tertiary/aromatic N) is 2. The molecule has 0 unspecified atom stereocenters. The molecule has 120 valence electrons. The predicted octanol–water partition coefficient (Wildman–Crippen LogP) is 4.26. The van der Waals surface area contributed by atoms with Crippen LogP contribution in [0.5, 0.6) is 0 Å². The van der Waals surface area contributed by atoms with E-state index in [1.165, 1.54) is 64.7 Å². The van der Waals surface area contributed by atoms with Crippen LogP contribution in [0.2, 0.25) is 0 Å². The first-order chi connectivity index (χ1) is 9.56. The van der Waals surface area contributed by atoms with E-state index < -0.39 is 0 Å². The summed E-state index contributed by atoms with van der Waals surface area (Å²) in [7, 11) is 2.26. The van der Waals surface area contributed by atoms with Crippen LogP contribution in [-0.2, 0) is 0 Å². The second kappa shape index (κ2) is 9.78. The van der Waals surface area contributed by atoms with Gasteiger partial charge in [-0.1, -0.05) is 20.3 Å². The van der Waals surface area contributed by atoms with Gasteiger partial charge in [-0.15, -0.1) is 0 Å². The molecule has 0 bridgehead atoms. The van der Waals surface area contributed by atoms with Crippen molar-refractivity contribution in [2.45, 2.75) is 72.3 Å². The van der Waals surface area contributed by atoms with Crippen LogP contribution < -0.4 is 0 Å². The van der Waals surface area contributed by atoms with Gasteiger partial charge in [-0.3, -0.25) is 0 Å². The summed E-state index contributed by atoms with van der Waals surface area (Å²) in [6, 6.07) is 0.749. The average Bonchev–Trinajstić information content (AvgIpc) is 2.43. The first-order valence-corrected chi connectivity index (χ1v) is 8.99. The van der Waals surface area contributed by atoms with Crippen molar-refractivity contribution < 1.29 is 0 Å². The number of piperidine rings is 2. The molecule has 2 saturated heterocycles. The summed E-state index contributed by atoms with van der Waals surface area (Å²) in [5.74, 6) is 2.06. The molecule has 0 aromatic heterocycles. The van der Waals surface area contributed by atoms with Gasteiger partial charge in [0.15, 0.2) is 0 Å². The van der Waals surface area contributed by atoms with Crippen LogP contribution in [0.3, 0.4) is 0 Å². The van der Waals surface area contributed by atoms with Crippen molar-refractivity contribution in [2.24, 2.45) is 11.8 Å². The molecule has 0 saturated carbocycles. The molecule has 0 atom stereocenters. The highest BCUT2D eigenvalue weighted by atomic mass is 15.1. The molecule has 0 amide bonds. The molecule has 20 heavy (non-hydrogen) atoms. The molecule has 2 heterocycles. The van der Waals surface area contributed by atoms with Gasteiger partial charge in [0.1, 0.15) is 0 Å². The minimum Gasteiger partial charge on any atom is -0.306 e. The Morgan fingerprint density at radius 3 is 1.65 bits per heavy atom. The van der Waals surface area contributed by atoms with Crippen molar-refractivity contribution in [2.75, 3.05) is 33.2 Å². The molecule has 2 aliphatic heterocycles. The molecule has 2 aliphatic rings. The Bertz CT molecular complexity index is 224. The number of likely N-dealkylation sites (tertiary alicyclic amines) is 2. The number of hydrogen-bond acceptors (Lipinski definition) is 2. The van der Waals surface area contributed by atoms with Gasteiger partial charge in [0.25, 0.3) is 0 Å². The summed E-state index contributed by atoms with van der Waals surface area (Å²) in [4.78, 5) is 5.13. The molecule has 0 aliphatic carbocycles. The quantitative estimate of drug-likeness (QED) is 0.763. The molecule has 2 rings (SSSR count). The topological polar surface area (TPSA) is 6.48 Å². The van der Waals surface area contributed by atoms with Gasteiger partial charge < -0.3 is 9.80 Å². The highest BCUT2D eigenvalue weighted by Crippen LogP contribution is 2.29. The summed E-state index contributed by atoms with van der Waals surface area (Å²) in [5, 5.41) is 0. The highest BCUT2D eigenvalue weighted by molar-refractivity contribution is 4.78. The maximum atomic E-state index is 2.64. The Hall–Kier alpha value is -0.0800. The fourth-order valence-corrected chi connectivity index (χ4v) is 3.47. The van der Waals surface area contributed by atoms with Gasteiger partial charge in [-0.25, -0.2) is 0 Å². The predicted molar refractivity (Wildman–Crippen MR) is 90.2 cm³/mol. The lowest BCUT2D eigenvalue weighted by atomic mass is 9.83.